The lowest BCUT2D eigenvalue weighted by Gasteiger charge is -1.86. The van der Waals surface area contributed by atoms with Crippen molar-refractivity contribution in [3.05, 3.63) is 24.3 Å². The Kier molecular flexibility index (Phi) is 7.87. The van der Waals surface area contributed by atoms with Gasteiger partial charge in [-0.3, -0.25) is 9.59 Å². The van der Waals surface area contributed by atoms with Crippen LogP contribution in [-0.4, -0.2) is 12.6 Å². The molecular weight excluding hydrogens is 140 g/mol. The number of hydrogen-bond acceptors (Lipinski definition) is 2. The van der Waals surface area contributed by atoms with Gasteiger partial charge in [0.1, 0.15) is 12.6 Å². The van der Waals surface area contributed by atoms with Crippen molar-refractivity contribution in [3.8, 4) is 0 Å². The van der Waals surface area contributed by atoms with E-state index < -0.39 is 0 Å². The van der Waals surface area contributed by atoms with Crippen molar-refractivity contribution in [2.24, 2.45) is 0 Å². The summed E-state index contributed by atoms with van der Waals surface area (Å²) in [5.41, 5.74) is 0. The van der Waals surface area contributed by atoms with Gasteiger partial charge in [0.2, 0.25) is 0 Å². The number of hydrogen-bond donors (Lipinski definition) is 0. The largest absolute Gasteiger partial charge is 0.299 e. The van der Waals surface area contributed by atoms with Crippen LogP contribution in [0.5, 0.6) is 0 Å². The summed E-state index contributed by atoms with van der Waals surface area (Å²) in [5.74, 6) is 0. The molecule has 2 nitrogen and oxygen atoms in total. The van der Waals surface area contributed by atoms with Gasteiger partial charge >= 0.3 is 0 Å². The second-order valence-electron chi connectivity index (χ2n) is 2.06. The quantitative estimate of drug-likeness (QED) is 0.329. The van der Waals surface area contributed by atoms with E-state index in [1.165, 1.54) is 12.2 Å². The molecule has 0 aliphatic heterocycles. The molecule has 0 N–H and O–H groups in total. The van der Waals surface area contributed by atoms with Gasteiger partial charge in [-0.25, -0.2) is 0 Å². The third-order valence-electron chi connectivity index (χ3n) is 1.17. The van der Waals surface area contributed by atoms with Crippen molar-refractivity contribution in [1.29, 1.82) is 0 Å². The highest BCUT2D eigenvalue weighted by atomic mass is 16.1. The van der Waals surface area contributed by atoms with E-state index in [-0.39, 0.29) is 0 Å². The zero-order valence-electron chi connectivity index (χ0n) is 6.40. The fourth-order valence-electron chi connectivity index (χ4n) is 0.657. The van der Waals surface area contributed by atoms with Crippen LogP contribution in [0, 0.1) is 0 Å². The van der Waals surface area contributed by atoms with E-state index >= 15 is 0 Å². The summed E-state index contributed by atoms with van der Waals surface area (Å²) < 4.78 is 0. The van der Waals surface area contributed by atoms with Crippen LogP contribution in [0.4, 0.5) is 0 Å². The molecule has 0 atom stereocenters. The third-order valence-corrected chi connectivity index (χ3v) is 1.17. The van der Waals surface area contributed by atoms with Crippen LogP contribution in [-0.2, 0) is 9.59 Å². The Morgan fingerprint density at radius 3 is 1.64 bits per heavy atom. The molecule has 0 saturated carbocycles. The molecule has 0 aliphatic rings. The minimum Gasteiger partial charge on any atom is -0.299 e. The molecule has 0 saturated heterocycles. The molecule has 2 heteroatoms. The Morgan fingerprint density at radius 2 is 1.27 bits per heavy atom. The SMILES string of the molecule is O=C/C=C/CCC/C=C/C=O. The van der Waals surface area contributed by atoms with Gasteiger partial charge in [-0.15, -0.1) is 0 Å². The number of allylic oxidation sites excluding steroid dienone is 4. The van der Waals surface area contributed by atoms with Crippen molar-refractivity contribution < 1.29 is 9.59 Å². The number of carbonyl (C=O) groups excluding carboxylic acids is 2. The number of aldehydes is 2. The highest BCUT2D eigenvalue weighted by Gasteiger charge is 1.78. The van der Waals surface area contributed by atoms with E-state index in [1.54, 1.807) is 0 Å². The summed E-state index contributed by atoms with van der Waals surface area (Å²) in [5, 5.41) is 0. The van der Waals surface area contributed by atoms with Gasteiger partial charge in [0, 0.05) is 0 Å². The van der Waals surface area contributed by atoms with E-state index in [9.17, 15) is 9.59 Å². The molecule has 60 valence electrons. The Balaban J connectivity index is 3.14. The minimum atomic E-state index is 0.765. The Morgan fingerprint density at radius 1 is 0.818 bits per heavy atom. The topological polar surface area (TPSA) is 34.1 Å². The molecule has 0 aliphatic carbocycles. The molecular formula is C9H12O2. The van der Waals surface area contributed by atoms with Crippen molar-refractivity contribution in [1.82, 2.24) is 0 Å². The number of rotatable bonds is 6. The summed E-state index contributed by atoms with van der Waals surface area (Å²) in [6.07, 6.45) is 10.9. The number of unbranched alkanes of at least 4 members (excludes halogenated alkanes) is 2. The van der Waals surface area contributed by atoms with E-state index in [1.807, 2.05) is 12.2 Å². The van der Waals surface area contributed by atoms with Crippen LogP contribution < -0.4 is 0 Å². The first-order chi connectivity index (χ1) is 5.41. The van der Waals surface area contributed by atoms with Crippen LogP contribution >= 0.6 is 0 Å². The molecule has 0 aromatic rings. The van der Waals surface area contributed by atoms with Crippen LogP contribution in [0.25, 0.3) is 0 Å². The first-order valence-corrected chi connectivity index (χ1v) is 3.62. The van der Waals surface area contributed by atoms with Crippen molar-refractivity contribution in [3.63, 3.8) is 0 Å². The predicted octanol–water partition coefficient (Wildman–Crippen LogP) is 1.67. The monoisotopic (exact) mass is 152 g/mol. The van der Waals surface area contributed by atoms with E-state index in [0.29, 0.717) is 0 Å². The van der Waals surface area contributed by atoms with E-state index in [4.69, 9.17) is 0 Å². The standard InChI is InChI=1S/C9H12O2/c10-8-6-4-2-1-3-5-7-9-11/h4-9H,1-3H2/b6-4+,7-5+. The molecule has 0 amide bonds. The maximum Gasteiger partial charge on any atom is 0.142 e. The highest BCUT2D eigenvalue weighted by molar-refractivity contribution is 5.64. The van der Waals surface area contributed by atoms with Gasteiger partial charge in [0.05, 0.1) is 0 Å². The molecule has 0 bridgehead atoms. The Bertz CT molecular complexity index is 139. The Hall–Kier alpha value is -1.18. The first-order valence-electron chi connectivity index (χ1n) is 3.62. The van der Waals surface area contributed by atoms with E-state index in [2.05, 4.69) is 0 Å². The summed E-state index contributed by atoms with van der Waals surface area (Å²) in [6.45, 7) is 0. The zero-order valence-corrected chi connectivity index (χ0v) is 6.40. The summed E-state index contributed by atoms with van der Waals surface area (Å²) in [7, 11) is 0. The summed E-state index contributed by atoms with van der Waals surface area (Å²) in [4.78, 5) is 19.6. The summed E-state index contributed by atoms with van der Waals surface area (Å²) in [6, 6.07) is 0. The second-order valence-corrected chi connectivity index (χ2v) is 2.06. The van der Waals surface area contributed by atoms with Gasteiger partial charge in [-0.1, -0.05) is 12.2 Å². The van der Waals surface area contributed by atoms with Crippen molar-refractivity contribution in [2.75, 3.05) is 0 Å². The Labute approximate surface area is 66.6 Å². The van der Waals surface area contributed by atoms with Crippen molar-refractivity contribution in [2.45, 2.75) is 19.3 Å². The zero-order chi connectivity index (χ0) is 8.36. The lowest BCUT2D eigenvalue weighted by atomic mass is 10.2. The smallest absolute Gasteiger partial charge is 0.142 e. The van der Waals surface area contributed by atoms with Gasteiger partial charge in [0.15, 0.2) is 0 Å². The molecule has 0 unspecified atom stereocenters. The molecule has 0 radical (unpaired) electrons. The van der Waals surface area contributed by atoms with E-state index in [0.717, 1.165) is 31.8 Å². The van der Waals surface area contributed by atoms with Crippen LogP contribution in [0.15, 0.2) is 24.3 Å². The van der Waals surface area contributed by atoms with Crippen LogP contribution in [0.3, 0.4) is 0 Å². The van der Waals surface area contributed by atoms with Gasteiger partial charge in [-0.2, -0.15) is 0 Å². The molecule has 0 fully saturated rings. The predicted molar refractivity (Wildman–Crippen MR) is 44.3 cm³/mol. The molecule has 0 rings (SSSR count). The number of carbonyl (C=O) groups is 2. The first kappa shape index (κ1) is 9.82. The maximum absolute atomic E-state index is 9.79. The fourth-order valence-corrected chi connectivity index (χ4v) is 0.657. The van der Waals surface area contributed by atoms with Gasteiger partial charge in [0.25, 0.3) is 0 Å². The summed E-state index contributed by atoms with van der Waals surface area (Å²) >= 11 is 0. The molecule has 0 spiro atoms. The second kappa shape index (κ2) is 8.82. The molecule has 11 heavy (non-hydrogen) atoms. The average Bonchev–Trinajstić information content (AvgIpc) is 2.03. The highest BCUT2D eigenvalue weighted by Crippen LogP contribution is 1.96. The minimum absolute atomic E-state index is 0.765. The molecule has 0 aromatic heterocycles. The van der Waals surface area contributed by atoms with Crippen LogP contribution in [0.2, 0.25) is 0 Å². The van der Waals surface area contributed by atoms with Gasteiger partial charge in [-0.05, 0) is 31.4 Å². The van der Waals surface area contributed by atoms with Crippen molar-refractivity contribution >= 4 is 12.6 Å². The lowest BCUT2D eigenvalue weighted by Crippen LogP contribution is -1.70. The average molecular weight is 152 g/mol. The van der Waals surface area contributed by atoms with Gasteiger partial charge < -0.3 is 0 Å². The molecule has 0 heterocycles. The third kappa shape index (κ3) is 8.82. The lowest BCUT2D eigenvalue weighted by molar-refractivity contribution is -0.104. The normalized spacial score (nSPS) is 10.9. The fraction of sp³-hybridized carbons (Fsp3) is 0.333. The maximum atomic E-state index is 9.79. The molecule has 0 aromatic carbocycles. The van der Waals surface area contributed by atoms with Crippen LogP contribution in [0.1, 0.15) is 19.3 Å².